The number of hydrazine groups is 1. The fraction of sp³-hybridized carbons (Fsp3) is 0.385. The van der Waals surface area contributed by atoms with Crippen molar-refractivity contribution >= 4 is 78.6 Å². The number of amides is 3. The molecule has 1 aliphatic heterocycles. The lowest BCUT2D eigenvalue weighted by atomic mass is 9.81. The van der Waals surface area contributed by atoms with Crippen LogP contribution in [0.3, 0.4) is 0 Å². The Morgan fingerprint density at radius 3 is 2.06 bits per heavy atom. The monoisotopic (exact) mass is 654 g/mol. The van der Waals surface area contributed by atoms with Gasteiger partial charge in [0.1, 0.15) is 6.04 Å². The van der Waals surface area contributed by atoms with Gasteiger partial charge < -0.3 is 0 Å². The summed E-state index contributed by atoms with van der Waals surface area (Å²) in [5.41, 5.74) is 1.39. The van der Waals surface area contributed by atoms with E-state index in [1.807, 2.05) is 6.92 Å². The molecular formula is C26H22Br2Cl2N2O4. The van der Waals surface area contributed by atoms with Gasteiger partial charge in [-0.3, -0.25) is 19.2 Å². The maximum atomic E-state index is 13.9. The lowest BCUT2D eigenvalue weighted by Gasteiger charge is -2.35. The van der Waals surface area contributed by atoms with E-state index < -0.39 is 41.4 Å². The minimum Gasteiger partial charge on any atom is -0.292 e. The van der Waals surface area contributed by atoms with Crippen molar-refractivity contribution in [1.29, 1.82) is 0 Å². The molecule has 188 valence electrons. The predicted molar refractivity (Wildman–Crippen MR) is 143 cm³/mol. The number of hydrogen-bond donors (Lipinski definition) is 0. The Balaban J connectivity index is 1.57. The third-order valence-electron chi connectivity index (χ3n) is 7.63. The molecule has 0 unspecified atom stereocenters. The second kappa shape index (κ2) is 9.53. The Morgan fingerprint density at radius 2 is 1.53 bits per heavy atom. The first-order valence-electron chi connectivity index (χ1n) is 11.6. The van der Waals surface area contributed by atoms with E-state index in [9.17, 15) is 19.2 Å². The number of ketones is 1. The van der Waals surface area contributed by atoms with Crippen molar-refractivity contribution in [2.45, 2.75) is 36.0 Å². The van der Waals surface area contributed by atoms with Gasteiger partial charge in [-0.15, -0.1) is 0 Å². The molecule has 3 fully saturated rings. The highest BCUT2D eigenvalue weighted by Gasteiger charge is 2.68. The van der Waals surface area contributed by atoms with Gasteiger partial charge in [-0.1, -0.05) is 84.9 Å². The van der Waals surface area contributed by atoms with Crippen LogP contribution in [0.2, 0.25) is 10.0 Å². The van der Waals surface area contributed by atoms with Crippen molar-refractivity contribution in [3.05, 3.63) is 69.2 Å². The number of imide groups is 1. The van der Waals surface area contributed by atoms with Gasteiger partial charge in [-0.25, -0.2) is 5.01 Å². The highest BCUT2D eigenvalue weighted by molar-refractivity contribution is 9.12. The largest absolute Gasteiger partial charge is 0.292 e. The summed E-state index contributed by atoms with van der Waals surface area (Å²) in [6.45, 7) is 3.42. The van der Waals surface area contributed by atoms with Crippen molar-refractivity contribution in [1.82, 2.24) is 10.0 Å². The average molecular weight is 657 g/mol. The smallest absolute Gasteiger partial charge is 0.275 e. The molecule has 3 amide bonds. The van der Waals surface area contributed by atoms with Crippen LogP contribution in [0.1, 0.15) is 39.6 Å². The van der Waals surface area contributed by atoms with Crippen LogP contribution >= 0.6 is 55.1 Å². The molecule has 0 N–H and O–H groups in total. The Hall–Kier alpha value is -1.74. The van der Waals surface area contributed by atoms with Crippen LogP contribution in [0.5, 0.6) is 0 Å². The Kier molecular flexibility index (Phi) is 6.86. The molecule has 10 heteroatoms. The second-order valence-electron chi connectivity index (χ2n) is 9.67. The number of aryl methyl sites for hydroxylation is 1. The van der Waals surface area contributed by atoms with Crippen molar-refractivity contribution in [3.63, 3.8) is 0 Å². The van der Waals surface area contributed by atoms with Crippen LogP contribution in [0.4, 0.5) is 0 Å². The third-order valence-corrected chi connectivity index (χ3v) is 11.4. The van der Waals surface area contributed by atoms with E-state index >= 15 is 0 Å². The van der Waals surface area contributed by atoms with Gasteiger partial charge in [-0.05, 0) is 50.3 Å². The van der Waals surface area contributed by atoms with Crippen LogP contribution in [0, 0.1) is 30.6 Å². The van der Waals surface area contributed by atoms with Crippen LogP contribution in [0.25, 0.3) is 0 Å². The van der Waals surface area contributed by atoms with Crippen molar-refractivity contribution in [2.75, 3.05) is 0 Å². The molecule has 36 heavy (non-hydrogen) atoms. The van der Waals surface area contributed by atoms with Gasteiger partial charge in [-0.2, -0.15) is 5.01 Å². The number of benzene rings is 2. The molecule has 1 heterocycles. The number of rotatable bonds is 5. The molecule has 2 aliphatic carbocycles. The number of alkyl halides is 2. The normalized spacial score (nSPS) is 29.4. The van der Waals surface area contributed by atoms with Gasteiger partial charge in [0, 0.05) is 20.2 Å². The maximum Gasteiger partial charge on any atom is 0.275 e. The molecule has 5 rings (SSSR count). The molecule has 3 aliphatic rings. The van der Waals surface area contributed by atoms with E-state index in [0.717, 1.165) is 22.0 Å². The van der Waals surface area contributed by atoms with E-state index in [1.165, 1.54) is 25.1 Å². The summed E-state index contributed by atoms with van der Waals surface area (Å²) < 4.78 is 0. The van der Waals surface area contributed by atoms with Gasteiger partial charge >= 0.3 is 0 Å². The minimum atomic E-state index is -1.14. The molecule has 2 aromatic carbocycles. The lowest BCUT2D eigenvalue weighted by Crippen LogP contribution is -2.57. The van der Waals surface area contributed by atoms with Gasteiger partial charge in [0.15, 0.2) is 5.78 Å². The fourth-order valence-electron chi connectivity index (χ4n) is 5.84. The van der Waals surface area contributed by atoms with E-state index in [4.69, 9.17) is 23.2 Å². The molecule has 6 nitrogen and oxygen atoms in total. The summed E-state index contributed by atoms with van der Waals surface area (Å²) in [5.74, 6) is -3.19. The van der Waals surface area contributed by atoms with Crippen molar-refractivity contribution < 1.29 is 19.2 Å². The topological polar surface area (TPSA) is 74.8 Å². The Labute approximate surface area is 235 Å². The molecule has 2 bridgehead atoms. The molecule has 2 aromatic rings. The van der Waals surface area contributed by atoms with E-state index in [-0.39, 0.29) is 32.1 Å². The van der Waals surface area contributed by atoms with Gasteiger partial charge in [0.25, 0.3) is 17.7 Å². The first-order chi connectivity index (χ1) is 17.0. The summed E-state index contributed by atoms with van der Waals surface area (Å²) in [6, 6.07) is 10.1. The molecular weight excluding hydrogens is 635 g/mol. The maximum absolute atomic E-state index is 13.9. The number of carbonyl (C=O) groups is 4. The zero-order valence-electron chi connectivity index (χ0n) is 19.3. The first-order valence-corrected chi connectivity index (χ1v) is 14.2. The molecule has 0 spiro atoms. The number of carbonyl (C=O) groups excluding carboxylic acids is 4. The number of nitrogens with zero attached hydrogens (tertiary/aromatic N) is 2. The molecule has 7 atom stereocenters. The molecule has 0 radical (unpaired) electrons. The summed E-state index contributed by atoms with van der Waals surface area (Å²) in [7, 11) is 0. The first kappa shape index (κ1) is 25.9. The minimum absolute atomic E-state index is 0.0370. The SMILES string of the molecule is Cc1ccc(C(=O)[C@H](C)N(C(=O)c2ccc(Cl)cc2Cl)N2C(=O)[C@@H]3[C@H]4C[C@@H]([C@H](Br)[C@H]4Br)[C@@H]3C2=O)cc1. The van der Waals surface area contributed by atoms with Crippen LogP contribution in [0.15, 0.2) is 42.5 Å². The average Bonchev–Trinajstić information content (AvgIpc) is 3.45. The zero-order valence-corrected chi connectivity index (χ0v) is 24.0. The van der Waals surface area contributed by atoms with E-state index in [2.05, 4.69) is 31.9 Å². The predicted octanol–water partition coefficient (Wildman–Crippen LogP) is 5.71. The van der Waals surface area contributed by atoms with E-state index in [1.54, 1.807) is 24.3 Å². The lowest BCUT2D eigenvalue weighted by molar-refractivity contribution is -0.157. The number of Topliss-reactive ketones (excluding diaryl/α,β-unsaturated/α-hetero) is 1. The van der Waals surface area contributed by atoms with Crippen molar-refractivity contribution in [3.8, 4) is 0 Å². The van der Waals surface area contributed by atoms with Crippen LogP contribution in [-0.4, -0.2) is 49.2 Å². The highest BCUT2D eigenvalue weighted by Crippen LogP contribution is 2.60. The summed E-state index contributed by atoms with van der Waals surface area (Å²) in [6.07, 6.45) is 0.751. The standard InChI is InChI=1S/C26H22Br2Cl2N2O4/c1-11-3-5-13(6-4-11)23(33)12(2)31(24(34)15-8-7-14(29)9-18(15)30)32-25(35)19-16-10-17(20(19)26(32)36)22(28)21(16)27/h3-9,12,16-17,19-22H,10H2,1-2H3/t12-,16+,17+,19-,20+,21-,22-/m0/s1. The van der Waals surface area contributed by atoms with Gasteiger partial charge in [0.2, 0.25) is 0 Å². The molecule has 1 saturated heterocycles. The van der Waals surface area contributed by atoms with Crippen LogP contribution < -0.4 is 0 Å². The number of fused-ring (bicyclic) bond motifs is 5. The van der Waals surface area contributed by atoms with Gasteiger partial charge in [0.05, 0.1) is 22.4 Å². The third kappa shape index (κ3) is 3.96. The zero-order chi connectivity index (χ0) is 26.0. The number of halogens is 4. The quantitative estimate of drug-likeness (QED) is 0.235. The Bertz CT molecular complexity index is 1260. The number of hydrogen-bond acceptors (Lipinski definition) is 4. The summed E-state index contributed by atoms with van der Waals surface area (Å²) in [5, 5.41) is 2.29. The molecule has 2 saturated carbocycles. The molecule has 0 aromatic heterocycles. The second-order valence-corrected chi connectivity index (χ2v) is 12.6. The fourth-order valence-corrected chi connectivity index (χ4v) is 8.20. The summed E-state index contributed by atoms with van der Waals surface area (Å²) in [4.78, 5) is 55.1. The van der Waals surface area contributed by atoms with E-state index in [0.29, 0.717) is 10.6 Å². The Morgan fingerprint density at radius 1 is 0.972 bits per heavy atom. The highest BCUT2D eigenvalue weighted by atomic mass is 79.9. The van der Waals surface area contributed by atoms with Crippen molar-refractivity contribution in [2.24, 2.45) is 23.7 Å². The van der Waals surface area contributed by atoms with Crippen LogP contribution in [-0.2, 0) is 9.59 Å². The summed E-state index contributed by atoms with van der Waals surface area (Å²) >= 11 is 19.7.